The molecular weight excluding hydrogens is 550 g/mol. The molecular formula is C36H49N5O3. The van der Waals surface area contributed by atoms with Gasteiger partial charge in [0.15, 0.2) is 0 Å². The molecule has 0 saturated carbocycles. The second-order valence-corrected chi connectivity index (χ2v) is 12.0. The molecule has 3 aromatic rings. The van der Waals surface area contributed by atoms with Gasteiger partial charge in [0.2, 0.25) is 5.91 Å². The Bertz CT molecular complexity index is 1260. The molecule has 2 amide bonds. The maximum Gasteiger partial charge on any atom is 0.259 e. The van der Waals surface area contributed by atoms with Crippen LogP contribution in [0.2, 0.25) is 0 Å². The van der Waals surface area contributed by atoms with Gasteiger partial charge in [0.05, 0.1) is 6.04 Å². The summed E-state index contributed by atoms with van der Waals surface area (Å²) in [5.74, 6) is 1.03. The van der Waals surface area contributed by atoms with E-state index in [4.69, 9.17) is 4.74 Å². The zero-order valence-corrected chi connectivity index (χ0v) is 26.6. The van der Waals surface area contributed by atoms with Crippen molar-refractivity contribution in [3.05, 3.63) is 95.8 Å². The molecule has 2 heterocycles. The highest BCUT2D eigenvalue weighted by atomic mass is 16.5. The number of pyridine rings is 1. The predicted octanol–water partition coefficient (Wildman–Crippen LogP) is 5.18. The van der Waals surface area contributed by atoms with E-state index in [0.717, 1.165) is 54.8 Å². The summed E-state index contributed by atoms with van der Waals surface area (Å²) in [5.41, 5.74) is 3.04. The van der Waals surface area contributed by atoms with Gasteiger partial charge in [0.25, 0.3) is 5.91 Å². The van der Waals surface area contributed by atoms with E-state index >= 15 is 0 Å². The predicted molar refractivity (Wildman–Crippen MR) is 175 cm³/mol. The first-order chi connectivity index (χ1) is 21.4. The maximum atomic E-state index is 14.1. The Morgan fingerprint density at radius 2 is 1.59 bits per heavy atom. The number of piperidine rings is 1. The van der Waals surface area contributed by atoms with Crippen molar-refractivity contribution in [2.45, 2.75) is 78.0 Å². The molecule has 2 unspecified atom stereocenters. The maximum absolute atomic E-state index is 14.1. The van der Waals surface area contributed by atoms with Crippen molar-refractivity contribution in [2.75, 3.05) is 26.2 Å². The molecule has 1 aromatic heterocycles. The van der Waals surface area contributed by atoms with Crippen LogP contribution in [0.1, 0.15) is 63.1 Å². The van der Waals surface area contributed by atoms with Crippen LogP contribution in [0.4, 0.5) is 0 Å². The number of ether oxygens (including phenoxy) is 1. The standard InChI is InChI=1S/C36H49N5O3/c1-4-41(40-22-9-6-10-23-40)36(43)34(24-29-15-17-32(18-16-29)44-27-30-12-7-5-8-13-30)39-35(42)33(38-21-19-28(2)3)25-31-14-11-20-37-26-31/h5,7-8,11-18,20,26,28,33-34,38H,4,6,9-10,19,21-25,27H2,1-3H3,(H,39,42). The summed E-state index contributed by atoms with van der Waals surface area (Å²) in [5, 5.41) is 10.6. The Morgan fingerprint density at radius 1 is 0.886 bits per heavy atom. The van der Waals surface area contributed by atoms with Crippen molar-refractivity contribution >= 4 is 11.8 Å². The van der Waals surface area contributed by atoms with Gasteiger partial charge in [-0.1, -0.05) is 68.8 Å². The quantitative estimate of drug-likeness (QED) is 0.236. The number of amides is 2. The van der Waals surface area contributed by atoms with Crippen LogP contribution in [-0.4, -0.2) is 65.1 Å². The molecule has 4 rings (SSSR count). The summed E-state index contributed by atoms with van der Waals surface area (Å²) in [6.45, 7) is 9.82. The highest BCUT2D eigenvalue weighted by Gasteiger charge is 2.31. The van der Waals surface area contributed by atoms with E-state index in [-0.39, 0.29) is 11.8 Å². The molecule has 0 spiro atoms. The molecule has 8 heteroatoms. The summed E-state index contributed by atoms with van der Waals surface area (Å²) < 4.78 is 5.98. The molecule has 1 aliphatic heterocycles. The lowest BCUT2D eigenvalue weighted by atomic mass is 10.0. The molecule has 1 saturated heterocycles. The number of hydrogen-bond donors (Lipinski definition) is 2. The minimum absolute atomic E-state index is 0.0746. The number of carbonyl (C=O) groups is 2. The van der Waals surface area contributed by atoms with Gasteiger partial charge in [0.1, 0.15) is 18.4 Å². The molecule has 2 atom stereocenters. The van der Waals surface area contributed by atoms with Crippen molar-refractivity contribution < 1.29 is 14.3 Å². The summed E-state index contributed by atoms with van der Waals surface area (Å²) in [6, 6.07) is 20.6. The fraction of sp³-hybridized carbons (Fsp3) is 0.472. The van der Waals surface area contributed by atoms with E-state index in [9.17, 15) is 9.59 Å². The molecule has 0 aliphatic carbocycles. The first-order valence-corrected chi connectivity index (χ1v) is 16.2. The monoisotopic (exact) mass is 599 g/mol. The van der Waals surface area contributed by atoms with Gasteiger partial charge >= 0.3 is 0 Å². The van der Waals surface area contributed by atoms with E-state index < -0.39 is 12.1 Å². The Labute approximate surface area is 263 Å². The number of nitrogens with zero attached hydrogens (tertiary/aromatic N) is 3. The molecule has 1 fully saturated rings. The van der Waals surface area contributed by atoms with Gasteiger partial charge < -0.3 is 15.4 Å². The third kappa shape index (κ3) is 10.5. The molecule has 0 radical (unpaired) electrons. The number of likely N-dealkylation sites (N-methyl/N-ethyl adjacent to an activating group) is 1. The normalized spacial score (nSPS) is 15.0. The highest BCUT2D eigenvalue weighted by Crippen LogP contribution is 2.18. The minimum Gasteiger partial charge on any atom is -0.489 e. The number of aromatic nitrogens is 1. The lowest BCUT2D eigenvalue weighted by Gasteiger charge is -2.39. The summed E-state index contributed by atoms with van der Waals surface area (Å²) in [7, 11) is 0. The smallest absolute Gasteiger partial charge is 0.259 e. The second kappa shape index (κ2) is 17.5. The van der Waals surface area contributed by atoms with Crippen molar-refractivity contribution in [2.24, 2.45) is 5.92 Å². The Balaban J connectivity index is 1.50. The number of rotatable bonds is 16. The fourth-order valence-corrected chi connectivity index (χ4v) is 5.52. The van der Waals surface area contributed by atoms with E-state index in [1.165, 1.54) is 6.42 Å². The topological polar surface area (TPSA) is 86.8 Å². The highest BCUT2D eigenvalue weighted by molar-refractivity contribution is 5.90. The number of carbonyl (C=O) groups excluding carboxylic acids is 2. The van der Waals surface area contributed by atoms with Gasteiger partial charge in [-0.25, -0.2) is 5.01 Å². The third-order valence-corrected chi connectivity index (χ3v) is 8.05. The first kappa shape index (κ1) is 33.1. The van der Waals surface area contributed by atoms with Crippen LogP contribution in [0.25, 0.3) is 0 Å². The van der Waals surface area contributed by atoms with Crippen molar-refractivity contribution in [3.63, 3.8) is 0 Å². The number of benzene rings is 2. The summed E-state index contributed by atoms with van der Waals surface area (Å²) >= 11 is 0. The Kier molecular flexibility index (Phi) is 13.2. The third-order valence-electron chi connectivity index (χ3n) is 8.05. The summed E-state index contributed by atoms with van der Waals surface area (Å²) in [6.07, 6.45) is 8.68. The number of hydrogen-bond acceptors (Lipinski definition) is 6. The van der Waals surface area contributed by atoms with Crippen molar-refractivity contribution in [3.8, 4) is 5.75 Å². The SMILES string of the molecule is CCN(C(=O)C(Cc1ccc(OCc2ccccc2)cc1)NC(=O)C(Cc1cccnc1)NCCC(C)C)N1CCCCC1. The van der Waals surface area contributed by atoms with Crippen molar-refractivity contribution in [1.29, 1.82) is 0 Å². The molecule has 1 aliphatic rings. The van der Waals surface area contributed by atoms with E-state index in [1.54, 1.807) is 12.4 Å². The fourth-order valence-electron chi connectivity index (χ4n) is 5.52. The van der Waals surface area contributed by atoms with Crippen LogP contribution in [0.5, 0.6) is 5.75 Å². The van der Waals surface area contributed by atoms with E-state index in [0.29, 0.717) is 38.5 Å². The average molecular weight is 600 g/mol. The number of hydrazine groups is 1. The minimum atomic E-state index is -0.705. The summed E-state index contributed by atoms with van der Waals surface area (Å²) in [4.78, 5) is 32.3. The van der Waals surface area contributed by atoms with E-state index in [1.807, 2.05) is 78.7 Å². The van der Waals surface area contributed by atoms with E-state index in [2.05, 4.69) is 34.5 Å². The lowest BCUT2D eigenvalue weighted by molar-refractivity contribution is -0.154. The Morgan fingerprint density at radius 3 is 2.25 bits per heavy atom. The molecule has 44 heavy (non-hydrogen) atoms. The van der Waals surface area contributed by atoms with Gasteiger partial charge in [-0.05, 0) is 80.0 Å². The lowest BCUT2D eigenvalue weighted by Crippen LogP contribution is -2.58. The van der Waals surface area contributed by atoms with Gasteiger partial charge in [-0.15, -0.1) is 0 Å². The average Bonchev–Trinajstić information content (AvgIpc) is 3.05. The molecule has 2 aromatic carbocycles. The van der Waals surface area contributed by atoms with Crippen LogP contribution in [0.15, 0.2) is 79.1 Å². The van der Waals surface area contributed by atoms with Crippen LogP contribution in [-0.2, 0) is 29.0 Å². The molecule has 2 N–H and O–H groups in total. The van der Waals surface area contributed by atoms with Crippen LogP contribution in [0.3, 0.4) is 0 Å². The van der Waals surface area contributed by atoms with Gasteiger partial charge in [-0.2, -0.15) is 0 Å². The zero-order chi connectivity index (χ0) is 31.1. The van der Waals surface area contributed by atoms with Crippen molar-refractivity contribution in [1.82, 2.24) is 25.6 Å². The largest absolute Gasteiger partial charge is 0.489 e. The molecule has 8 nitrogen and oxygen atoms in total. The Hall–Kier alpha value is -3.75. The van der Waals surface area contributed by atoms with Crippen LogP contribution < -0.4 is 15.4 Å². The van der Waals surface area contributed by atoms with Gasteiger partial charge in [0, 0.05) is 38.4 Å². The number of nitrogens with one attached hydrogen (secondary N) is 2. The van der Waals surface area contributed by atoms with Gasteiger partial charge in [-0.3, -0.25) is 19.6 Å². The zero-order valence-electron chi connectivity index (χ0n) is 26.6. The first-order valence-electron chi connectivity index (χ1n) is 16.2. The molecule has 0 bridgehead atoms. The van der Waals surface area contributed by atoms with Crippen LogP contribution >= 0.6 is 0 Å². The second-order valence-electron chi connectivity index (χ2n) is 12.0. The van der Waals surface area contributed by atoms with Crippen LogP contribution in [0, 0.1) is 5.92 Å². The molecule has 236 valence electrons.